The number of amides is 2. The monoisotopic (exact) mass is 382 g/mol. The third-order valence-corrected chi connectivity index (χ3v) is 4.97. The van der Waals surface area contributed by atoms with Gasteiger partial charge in [0.1, 0.15) is 0 Å². The third-order valence-electron chi connectivity index (χ3n) is 4.97. The summed E-state index contributed by atoms with van der Waals surface area (Å²) in [4.78, 5) is 37.2. The smallest absolute Gasteiger partial charge is 0.273 e. The minimum absolute atomic E-state index is 0.116. The van der Waals surface area contributed by atoms with E-state index < -0.39 is 16.7 Å². The van der Waals surface area contributed by atoms with Gasteiger partial charge in [-0.05, 0) is 50.5 Å². The molecule has 8 heteroatoms. The number of nitrogens with one attached hydrogen (secondary N) is 1. The predicted molar refractivity (Wildman–Crippen MR) is 107 cm³/mol. The Balaban J connectivity index is 1.97. The second-order valence-corrected chi connectivity index (χ2v) is 6.80. The van der Waals surface area contributed by atoms with Crippen molar-refractivity contribution in [1.29, 1.82) is 0 Å². The fourth-order valence-electron chi connectivity index (χ4n) is 3.46. The topological polar surface area (TPSA) is 119 Å². The number of rotatable bonds is 5. The summed E-state index contributed by atoms with van der Waals surface area (Å²) in [6, 6.07) is 9.35. The lowest BCUT2D eigenvalue weighted by atomic mass is 10.0. The molecule has 28 heavy (non-hydrogen) atoms. The van der Waals surface area contributed by atoms with E-state index >= 15 is 0 Å². The van der Waals surface area contributed by atoms with Crippen LogP contribution in [-0.4, -0.2) is 29.8 Å². The highest BCUT2D eigenvalue weighted by molar-refractivity contribution is 6.08. The number of carbonyl (C=O) groups is 2. The van der Waals surface area contributed by atoms with Crippen molar-refractivity contribution in [3.8, 4) is 0 Å². The molecular formula is C20H22N4O4. The number of carbonyl (C=O) groups excluding carboxylic acids is 2. The van der Waals surface area contributed by atoms with Crippen molar-refractivity contribution in [3.63, 3.8) is 0 Å². The highest BCUT2D eigenvalue weighted by Gasteiger charge is 2.21. The Hall–Kier alpha value is -3.42. The first-order valence-corrected chi connectivity index (χ1v) is 9.12. The Bertz CT molecular complexity index is 936. The highest BCUT2D eigenvalue weighted by atomic mass is 16.6. The first-order valence-electron chi connectivity index (χ1n) is 9.12. The molecule has 3 rings (SSSR count). The van der Waals surface area contributed by atoms with Gasteiger partial charge in [0.25, 0.3) is 11.6 Å². The van der Waals surface area contributed by atoms with Crippen LogP contribution in [0.5, 0.6) is 0 Å². The van der Waals surface area contributed by atoms with Gasteiger partial charge in [0.2, 0.25) is 5.91 Å². The average Bonchev–Trinajstić information content (AvgIpc) is 2.68. The molecule has 0 saturated carbocycles. The van der Waals surface area contributed by atoms with Crippen LogP contribution in [0, 0.1) is 17.0 Å². The molecular weight excluding hydrogens is 360 g/mol. The number of hydrogen-bond donors (Lipinski definition) is 2. The van der Waals surface area contributed by atoms with Crippen LogP contribution < -0.4 is 16.0 Å². The van der Waals surface area contributed by atoms with Crippen LogP contribution in [0.1, 0.15) is 45.5 Å². The van der Waals surface area contributed by atoms with E-state index in [9.17, 15) is 19.7 Å². The molecule has 2 aromatic carbocycles. The fraction of sp³-hybridized carbons (Fsp3) is 0.300. The average molecular weight is 382 g/mol. The van der Waals surface area contributed by atoms with Gasteiger partial charge in [-0.15, -0.1) is 0 Å². The van der Waals surface area contributed by atoms with Gasteiger partial charge in [0.05, 0.1) is 16.3 Å². The molecule has 0 atom stereocenters. The molecule has 8 nitrogen and oxygen atoms in total. The Morgan fingerprint density at radius 2 is 1.86 bits per heavy atom. The summed E-state index contributed by atoms with van der Waals surface area (Å²) in [5.74, 6) is -1.06. The van der Waals surface area contributed by atoms with Crippen LogP contribution in [0.4, 0.5) is 17.1 Å². The van der Waals surface area contributed by atoms with Crippen molar-refractivity contribution in [2.24, 2.45) is 5.73 Å². The van der Waals surface area contributed by atoms with Crippen molar-refractivity contribution in [1.82, 2.24) is 0 Å². The quantitative estimate of drug-likeness (QED) is 0.608. The highest BCUT2D eigenvalue weighted by Crippen LogP contribution is 2.31. The minimum Gasteiger partial charge on any atom is -0.370 e. The first-order chi connectivity index (χ1) is 13.4. The van der Waals surface area contributed by atoms with Crippen molar-refractivity contribution >= 4 is 28.9 Å². The molecule has 0 radical (unpaired) electrons. The molecule has 3 N–H and O–H groups in total. The number of benzene rings is 2. The maximum Gasteiger partial charge on any atom is 0.273 e. The van der Waals surface area contributed by atoms with E-state index in [0.29, 0.717) is 5.69 Å². The van der Waals surface area contributed by atoms with E-state index in [-0.39, 0.29) is 22.4 Å². The second-order valence-electron chi connectivity index (χ2n) is 6.80. The molecule has 1 aliphatic rings. The molecule has 0 aliphatic carbocycles. The number of anilines is 2. The van der Waals surface area contributed by atoms with E-state index in [1.54, 1.807) is 25.1 Å². The Labute approximate surface area is 162 Å². The van der Waals surface area contributed by atoms with Crippen LogP contribution in [0.15, 0.2) is 36.4 Å². The van der Waals surface area contributed by atoms with Crippen LogP contribution in [0.2, 0.25) is 0 Å². The predicted octanol–water partition coefficient (Wildman–Crippen LogP) is 3.24. The van der Waals surface area contributed by atoms with Gasteiger partial charge in [-0.3, -0.25) is 19.7 Å². The molecule has 0 spiro atoms. The second kappa shape index (κ2) is 8.08. The number of primary amides is 1. The van der Waals surface area contributed by atoms with Gasteiger partial charge < -0.3 is 16.0 Å². The van der Waals surface area contributed by atoms with Gasteiger partial charge in [-0.1, -0.05) is 6.07 Å². The zero-order valence-corrected chi connectivity index (χ0v) is 15.6. The summed E-state index contributed by atoms with van der Waals surface area (Å²) in [6.07, 6.45) is 3.26. The van der Waals surface area contributed by atoms with Gasteiger partial charge in [-0.2, -0.15) is 0 Å². The van der Waals surface area contributed by atoms with E-state index in [4.69, 9.17) is 5.73 Å². The molecule has 2 aromatic rings. The number of nitro benzene ring substituents is 1. The van der Waals surface area contributed by atoms with E-state index in [1.807, 2.05) is 0 Å². The van der Waals surface area contributed by atoms with E-state index in [1.165, 1.54) is 18.2 Å². The molecule has 0 aromatic heterocycles. The van der Waals surface area contributed by atoms with Crippen LogP contribution in [-0.2, 0) is 0 Å². The summed E-state index contributed by atoms with van der Waals surface area (Å²) < 4.78 is 0. The van der Waals surface area contributed by atoms with Gasteiger partial charge in [-0.25, -0.2) is 0 Å². The normalized spacial score (nSPS) is 13.8. The SMILES string of the molecule is Cc1c(C(=O)Nc2cc(C(N)=O)ccc2N2CCCCC2)cccc1[N+](=O)[O-]. The number of nitro groups is 1. The maximum atomic E-state index is 12.9. The van der Waals surface area contributed by atoms with Crippen LogP contribution in [0.3, 0.4) is 0 Å². The lowest BCUT2D eigenvalue weighted by Crippen LogP contribution is -2.30. The van der Waals surface area contributed by atoms with Crippen molar-refractivity contribution in [2.75, 3.05) is 23.3 Å². The molecule has 0 bridgehead atoms. The Morgan fingerprint density at radius 3 is 2.50 bits per heavy atom. The minimum atomic E-state index is -0.591. The van der Waals surface area contributed by atoms with E-state index in [2.05, 4.69) is 10.2 Å². The zero-order chi connectivity index (χ0) is 20.3. The Kier molecular flexibility index (Phi) is 5.58. The lowest BCUT2D eigenvalue weighted by molar-refractivity contribution is -0.385. The molecule has 2 amide bonds. The van der Waals surface area contributed by atoms with Gasteiger partial charge in [0.15, 0.2) is 0 Å². The van der Waals surface area contributed by atoms with Crippen LogP contribution in [0.25, 0.3) is 0 Å². The maximum absolute atomic E-state index is 12.9. The zero-order valence-electron chi connectivity index (χ0n) is 15.6. The largest absolute Gasteiger partial charge is 0.370 e. The van der Waals surface area contributed by atoms with Crippen molar-refractivity contribution < 1.29 is 14.5 Å². The van der Waals surface area contributed by atoms with Crippen LogP contribution >= 0.6 is 0 Å². The van der Waals surface area contributed by atoms with Crippen molar-refractivity contribution in [3.05, 3.63) is 63.2 Å². The number of piperidine rings is 1. The van der Waals surface area contributed by atoms with Gasteiger partial charge >= 0.3 is 0 Å². The number of nitrogens with zero attached hydrogens (tertiary/aromatic N) is 2. The summed E-state index contributed by atoms with van der Waals surface area (Å²) in [5, 5.41) is 14.0. The summed E-state index contributed by atoms with van der Waals surface area (Å²) in [7, 11) is 0. The molecule has 1 fully saturated rings. The molecule has 0 unspecified atom stereocenters. The van der Waals surface area contributed by atoms with E-state index in [0.717, 1.165) is 38.0 Å². The molecule has 1 saturated heterocycles. The number of hydrogen-bond acceptors (Lipinski definition) is 5. The molecule has 1 aliphatic heterocycles. The number of nitrogens with two attached hydrogens (primary N) is 1. The Morgan fingerprint density at radius 1 is 1.14 bits per heavy atom. The standard InChI is InChI=1S/C20H22N4O4/c1-13-15(6-5-7-17(13)24(27)28)20(26)22-16-12-14(19(21)25)8-9-18(16)23-10-3-2-4-11-23/h5-9,12H,2-4,10-11H2,1H3,(H2,21,25)(H,22,26). The third kappa shape index (κ3) is 3.95. The summed E-state index contributed by atoms with van der Waals surface area (Å²) in [5.41, 5.74) is 7.33. The lowest BCUT2D eigenvalue weighted by Gasteiger charge is -2.30. The molecule has 146 valence electrons. The van der Waals surface area contributed by atoms with Gasteiger partial charge in [0, 0.05) is 35.8 Å². The fourth-order valence-corrected chi connectivity index (χ4v) is 3.46. The summed E-state index contributed by atoms with van der Waals surface area (Å²) in [6.45, 7) is 3.25. The molecule has 1 heterocycles. The first kappa shape index (κ1) is 19.3. The summed E-state index contributed by atoms with van der Waals surface area (Å²) >= 11 is 0. The van der Waals surface area contributed by atoms with Crippen molar-refractivity contribution in [2.45, 2.75) is 26.2 Å².